The predicted molar refractivity (Wildman–Crippen MR) is 52.3 cm³/mol. The number of hydrogen-bond acceptors (Lipinski definition) is 3. The number of halogens is 1. The molecule has 2 heterocycles. The SMILES string of the molecule is CNc1nc(Cl)cn2cc(C)nc12. The van der Waals surface area contributed by atoms with Crippen LogP contribution in [0.3, 0.4) is 0 Å². The van der Waals surface area contributed by atoms with E-state index < -0.39 is 0 Å². The van der Waals surface area contributed by atoms with Gasteiger partial charge in [-0.15, -0.1) is 0 Å². The highest BCUT2D eigenvalue weighted by Gasteiger charge is 2.05. The number of hydrogen-bond donors (Lipinski definition) is 1. The highest BCUT2D eigenvalue weighted by molar-refractivity contribution is 6.29. The van der Waals surface area contributed by atoms with Crippen LogP contribution in [0.25, 0.3) is 5.65 Å². The number of imidazole rings is 1. The molecule has 0 unspecified atom stereocenters. The van der Waals surface area contributed by atoms with Gasteiger partial charge >= 0.3 is 0 Å². The Kier molecular flexibility index (Phi) is 1.84. The van der Waals surface area contributed by atoms with E-state index in [9.17, 15) is 0 Å². The van der Waals surface area contributed by atoms with Crippen molar-refractivity contribution in [2.75, 3.05) is 12.4 Å². The van der Waals surface area contributed by atoms with Gasteiger partial charge in [-0.1, -0.05) is 11.6 Å². The van der Waals surface area contributed by atoms with Crippen molar-refractivity contribution in [2.24, 2.45) is 0 Å². The molecule has 0 spiro atoms. The minimum absolute atomic E-state index is 0.453. The van der Waals surface area contributed by atoms with Gasteiger partial charge in [0.15, 0.2) is 11.5 Å². The maximum atomic E-state index is 5.81. The minimum atomic E-state index is 0.453. The van der Waals surface area contributed by atoms with Gasteiger partial charge in [-0.2, -0.15) is 0 Å². The standard InChI is InChI=1S/C8H9ClN4/c1-5-3-13-4-6(9)12-7(10-2)8(13)11-5/h3-4H,1-2H3,(H,10,12). The Morgan fingerprint density at radius 3 is 2.85 bits per heavy atom. The van der Waals surface area contributed by atoms with Crippen LogP contribution in [0.15, 0.2) is 12.4 Å². The number of aryl methyl sites for hydroxylation is 1. The van der Waals surface area contributed by atoms with Gasteiger partial charge in [0.05, 0.1) is 5.69 Å². The maximum Gasteiger partial charge on any atom is 0.180 e. The second-order valence-corrected chi connectivity index (χ2v) is 3.16. The first-order chi connectivity index (χ1) is 6.20. The molecule has 0 aliphatic carbocycles. The first kappa shape index (κ1) is 8.31. The quantitative estimate of drug-likeness (QED) is 0.756. The van der Waals surface area contributed by atoms with Gasteiger partial charge in [-0.25, -0.2) is 9.97 Å². The summed E-state index contributed by atoms with van der Waals surface area (Å²) < 4.78 is 1.86. The van der Waals surface area contributed by atoms with E-state index in [1.165, 1.54) is 0 Å². The molecule has 1 N–H and O–H groups in total. The molecular weight excluding hydrogens is 188 g/mol. The van der Waals surface area contributed by atoms with Crippen molar-refractivity contribution < 1.29 is 0 Å². The smallest absolute Gasteiger partial charge is 0.180 e. The van der Waals surface area contributed by atoms with Gasteiger partial charge < -0.3 is 9.72 Å². The monoisotopic (exact) mass is 196 g/mol. The summed E-state index contributed by atoms with van der Waals surface area (Å²) in [7, 11) is 1.79. The van der Waals surface area contributed by atoms with Crippen molar-refractivity contribution in [1.29, 1.82) is 0 Å². The molecule has 0 fully saturated rings. The third-order valence-corrected chi connectivity index (χ3v) is 1.95. The van der Waals surface area contributed by atoms with Gasteiger partial charge in [0.25, 0.3) is 0 Å². The Balaban J connectivity index is 2.80. The minimum Gasteiger partial charge on any atom is -0.370 e. The molecule has 4 nitrogen and oxygen atoms in total. The molecule has 0 saturated carbocycles. The van der Waals surface area contributed by atoms with Crippen LogP contribution in [0, 0.1) is 6.92 Å². The lowest BCUT2D eigenvalue weighted by Gasteiger charge is -2.01. The summed E-state index contributed by atoms with van der Waals surface area (Å²) in [5.41, 5.74) is 1.74. The van der Waals surface area contributed by atoms with Gasteiger partial charge in [-0.05, 0) is 6.92 Å². The molecule has 0 aromatic carbocycles. The third-order valence-electron chi connectivity index (χ3n) is 1.77. The van der Waals surface area contributed by atoms with Gasteiger partial charge in [0.1, 0.15) is 5.15 Å². The predicted octanol–water partition coefficient (Wildman–Crippen LogP) is 1.73. The van der Waals surface area contributed by atoms with E-state index in [0.29, 0.717) is 11.0 Å². The number of rotatable bonds is 1. The molecule has 68 valence electrons. The van der Waals surface area contributed by atoms with Crippen LogP contribution >= 0.6 is 11.6 Å². The van der Waals surface area contributed by atoms with Crippen molar-refractivity contribution in [1.82, 2.24) is 14.4 Å². The van der Waals surface area contributed by atoms with Crippen molar-refractivity contribution >= 4 is 23.1 Å². The normalized spacial score (nSPS) is 10.7. The van der Waals surface area contributed by atoms with Crippen LogP contribution in [-0.2, 0) is 0 Å². The molecule has 0 atom stereocenters. The van der Waals surface area contributed by atoms with Crippen LogP contribution in [0.2, 0.25) is 5.15 Å². The van der Waals surface area contributed by atoms with Crippen LogP contribution < -0.4 is 5.32 Å². The fourth-order valence-electron chi connectivity index (χ4n) is 1.26. The van der Waals surface area contributed by atoms with Gasteiger partial charge in [0.2, 0.25) is 0 Å². The van der Waals surface area contributed by atoms with E-state index in [1.54, 1.807) is 13.2 Å². The Labute approximate surface area is 80.6 Å². The average Bonchev–Trinajstić information content (AvgIpc) is 2.43. The number of anilines is 1. The van der Waals surface area contributed by atoms with E-state index in [-0.39, 0.29) is 0 Å². The fourth-order valence-corrected chi connectivity index (χ4v) is 1.45. The first-order valence-corrected chi connectivity index (χ1v) is 4.28. The second kappa shape index (κ2) is 2.88. The second-order valence-electron chi connectivity index (χ2n) is 2.78. The highest BCUT2D eigenvalue weighted by Crippen LogP contribution is 2.16. The number of aromatic nitrogens is 3. The topological polar surface area (TPSA) is 42.2 Å². The van der Waals surface area contributed by atoms with E-state index in [2.05, 4.69) is 15.3 Å². The molecule has 0 radical (unpaired) electrons. The number of nitrogens with one attached hydrogen (secondary N) is 1. The van der Waals surface area contributed by atoms with Crippen molar-refractivity contribution in [3.63, 3.8) is 0 Å². The molecule has 5 heteroatoms. The molecule has 2 aromatic rings. The summed E-state index contributed by atoms with van der Waals surface area (Å²) >= 11 is 5.81. The highest BCUT2D eigenvalue weighted by atomic mass is 35.5. The molecule has 2 rings (SSSR count). The zero-order chi connectivity index (χ0) is 9.42. The molecule has 0 bridgehead atoms. The molecule has 0 aliphatic rings. The summed E-state index contributed by atoms with van der Waals surface area (Å²) in [5.74, 6) is 0.695. The van der Waals surface area contributed by atoms with Gasteiger partial charge in [0, 0.05) is 19.4 Å². The Bertz CT molecular complexity index is 449. The summed E-state index contributed by atoms with van der Waals surface area (Å²) in [5, 5.41) is 3.40. The van der Waals surface area contributed by atoms with Crippen molar-refractivity contribution in [2.45, 2.75) is 6.92 Å². The number of nitrogens with zero attached hydrogens (tertiary/aromatic N) is 3. The summed E-state index contributed by atoms with van der Waals surface area (Å²) in [4.78, 5) is 8.41. The first-order valence-electron chi connectivity index (χ1n) is 3.90. The van der Waals surface area contributed by atoms with E-state index in [1.807, 2.05) is 17.5 Å². The largest absolute Gasteiger partial charge is 0.370 e. The molecular formula is C8H9ClN4. The Morgan fingerprint density at radius 2 is 2.15 bits per heavy atom. The lowest BCUT2D eigenvalue weighted by molar-refractivity contribution is 1.12. The fraction of sp³-hybridized carbons (Fsp3) is 0.250. The zero-order valence-electron chi connectivity index (χ0n) is 7.37. The van der Waals surface area contributed by atoms with Crippen LogP contribution in [0.5, 0.6) is 0 Å². The van der Waals surface area contributed by atoms with Crippen molar-refractivity contribution in [3.8, 4) is 0 Å². The molecule has 0 saturated heterocycles. The Morgan fingerprint density at radius 1 is 1.38 bits per heavy atom. The van der Waals surface area contributed by atoms with Crippen LogP contribution in [0.1, 0.15) is 5.69 Å². The molecule has 0 aliphatic heterocycles. The van der Waals surface area contributed by atoms with Gasteiger partial charge in [-0.3, -0.25) is 0 Å². The average molecular weight is 197 g/mol. The van der Waals surface area contributed by atoms with Crippen LogP contribution in [0.4, 0.5) is 5.82 Å². The van der Waals surface area contributed by atoms with E-state index >= 15 is 0 Å². The molecule has 0 amide bonds. The zero-order valence-corrected chi connectivity index (χ0v) is 8.13. The molecule has 13 heavy (non-hydrogen) atoms. The van der Waals surface area contributed by atoms with E-state index in [0.717, 1.165) is 11.3 Å². The Hall–Kier alpha value is -1.29. The maximum absolute atomic E-state index is 5.81. The lowest BCUT2D eigenvalue weighted by atomic mass is 10.6. The number of fused-ring (bicyclic) bond motifs is 1. The summed E-state index contributed by atoms with van der Waals surface area (Å²) in [6, 6.07) is 0. The van der Waals surface area contributed by atoms with Crippen molar-refractivity contribution in [3.05, 3.63) is 23.2 Å². The summed E-state index contributed by atoms with van der Waals surface area (Å²) in [6.07, 6.45) is 3.64. The lowest BCUT2D eigenvalue weighted by Crippen LogP contribution is -1.97. The molecule has 2 aromatic heterocycles. The van der Waals surface area contributed by atoms with E-state index in [4.69, 9.17) is 11.6 Å². The third kappa shape index (κ3) is 1.33. The van der Waals surface area contributed by atoms with Crippen LogP contribution in [-0.4, -0.2) is 21.4 Å². The summed E-state index contributed by atoms with van der Waals surface area (Å²) in [6.45, 7) is 1.93.